The number of nitriles is 1. The van der Waals surface area contributed by atoms with E-state index in [1.54, 1.807) is 12.1 Å². The van der Waals surface area contributed by atoms with Crippen LogP contribution in [0.4, 0.5) is 18.9 Å². The van der Waals surface area contributed by atoms with Gasteiger partial charge in [-0.25, -0.2) is 17.9 Å². The van der Waals surface area contributed by atoms with Crippen LogP contribution in [0.3, 0.4) is 0 Å². The highest BCUT2D eigenvalue weighted by Crippen LogP contribution is 2.37. The number of amides is 1. The number of nitrogens with zero attached hydrogens (tertiary/aromatic N) is 4. The highest BCUT2D eigenvalue weighted by molar-refractivity contribution is 6.04. The van der Waals surface area contributed by atoms with Crippen LogP contribution in [0, 0.1) is 35.7 Å². The zero-order valence-electron chi connectivity index (χ0n) is 17.5. The molecular weight excluding hydrogens is 435 g/mol. The van der Waals surface area contributed by atoms with Gasteiger partial charge in [0.25, 0.3) is 5.91 Å². The van der Waals surface area contributed by atoms with Crippen LogP contribution in [-0.2, 0) is 10.2 Å². The zero-order chi connectivity index (χ0) is 23.8. The van der Waals surface area contributed by atoms with Crippen LogP contribution in [0.5, 0.6) is 0 Å². The normalized spacial score (nSPS) is 15.2. The van der Waals surface area contributed by atoms with Crippen LogP contribution in [-0.4, -0.2) is 26.5 Å². The molecule has 1 N–H and O–H groups in total. The molecule has 10 heteroatoms. The van der Waals surface area contributed by atoms with Crippen molar-refractivity contribution >= 4 is 17.4 Å². The fourth-order valence-electron chi connectivity index (χ4n) is 3.88. The summed E-state index contributed by atoms with van der Waals surface area (Å²) in [6.07, 6.45) is 4.07. The number of carbonyl (C=O) groups is 2. The molecule has 0 radical (unpaired) electrons. The Morgan fingerprint density at radius 1 is 1.12 bits per heavy atom. The van der Waals surface area contributed by atoms with Crippen LogP contribution in [0.25, 0.3) is 5.69 Å². The maximum absolute atomic E-state index is 14.1. The van der Waals surface area contributed by atoms with E-state index in [9.17, 15) is 28.0 Å². The first-order valence-corrected chi connectivity index (χ1v) is 10.1. The van der Waals surface area contributed by atoms with Gasteiger partial charge in [-0.2, -0.15) is 10.4 Å². The largest absolute Gasteiger partial charge is 0.320 e. The minimum atomic E-state index is -1.63. The molecule has 0 bridgehead atoms. The van der Waals surface area contributed by atoms with E-state index in [4.69, 9.17) is 0 Å². The number of ketones is 1. The molecule has 4 rings (SSSR count). The van der Waals surface area contributed by atoms with E-state index in [0.29, 0.717) is 37.1 Å². The van der Waals surface area contributed by atoms with Crippen LogP contribution in [0.15, 0.2) is 36.7 Å². The average molecular weight is 453 g/mol. The predicted octanol–water partition coefficient (Wildman–Crippen LogP) is 4.15. The lowest BCUT2D eigenvalue weighted by molar-refractivity contribution is -0.121. The van der Waals surface area contributed by atoms with Crippen molar-refractivity contribution in [3.05, 3.63) is 71.1 Å². The van der Waals surface area contributed by atoms with Crippen molar-refractivity contribution in [2.24, 2.45) is 0 Å². The number of halogens is 3. The molecule has 1 fully saturated rings. The van der Waals surface area contributed by atoms with Crippen LogP contribution < -0.4 is 5.32 Å². The zero-order valence-corrected chi connectivity index (χ0v) is 17.5. The van der Waals surface area contributed by atoms with Crippen molar-refractivity contribution in [1.29, 1.82) is 5.26 Å². The van der Waals surface area contributed by atoms with E-state index in [0.717, 1.165) is 16.8 Å². The third-order valence-corrected chi connectivity index (χ3v) is 5.88. The molecule has 1 saturated carbocycles. The van der Waals surface area contributed by atoms with Crippen molar-refractivity contribution in [2.75, 3.05) is 5.32 Å². The number of nitrogens with one attached hydrogen (secondary N) is 1. The topological polar surface area (TPSA) is 101 Å². The van der Waals surface area contributed by atoms with Gasteiger partial charge in [0.1, 0.15) is 16.9 Å². The predicted molar refractivity (Wildman–Crippen MR) is 111 cm³/mol. The fourth-order valence-corrected chi connectivity index (χ4v) is 3.88. The molecule has 1 aromatic carbocycles. The highest BCUT2D eigenvalue weighted by Gasteiger charge is 2.37. The van der Waals surface area contributed by atoms with Crippen molar-refractivity contribution < 1.29 is 22.8 Å². The van der Waals surface area contributed by atoms with E-state index in [2.05, 4.69) is 21.5 Å². The molecule has 2 aromatic heterocycles. The fraction of sp³-hybridized carbons (Fsp3) is 0.261. The van der Waals surface area contributed by atoms with E-state index in [1.165, 1.54) is 19.3 Å². The average Bonchev–Trinajstić information content (AvgIpc) is 3.20. The van der Waals surface area contributed by atoms with E-state index in [-0.39, 0.29) is 22.7 Å². The molecule has 0 spiro atoms. The van der Waals surface area contributed by atoms with Gasteiger partial charge >= 0.3 is 0 Å². The van der Waals surface area contributed by atoms with Crippen molar-refractivity contribution in [2.45, 2.75) is 38.0 Å². The molecule has 33 heavy (non-hydrogen) atoms. The summed E-state index contributed by atoms with van der Waals surface area (Å²) in [5, 5.41) is 16.2. The second-order valence-corrected chi connectivity index (χ2v) is 7.87. The van der Waals surface area contributed by atoms with Crippen LogP contribution in [0.2, 0.25) is 0 Å². The number of pyridine rings is 1. The van der Waals surface area contributed by atoms with Crippen molar-refractivity contribution in [3.8, 4) is 11.8 Å². The van der Waals surface area contributed by atoms with Gasteiger partial charge in [-0.15, -0.1) is 0 Å². The van der Waals surface area contributed by atoms with E-state index >= 15 is 0 Å². The Morgan fingerprint density at radius 3 is 2.48 bits per heavy atom. The molecule has 1 aliphatic carbocycles. The molecule has 7 nitrogen and oxygen atoms in total. The Hall–Kier alpha value is -4.00. The molecule has 0 unspecified atom stereocenters. The summed E-state index contributed by atoms with van der Waals surface area (Å²) in [6.45, 7) is 1.49. The summed E-state index contributed by atoms with van der Waals surface area (Å²) < 4.78 is 41.9. The molecule has 1 amide bonds. The second-order valence-electron chi connectivity index (χ2n) is 7.87. The first kappa shape index (κ1) is 22.2. The first-order valence-electron chi connectivity index (χ1n) is 10.1. The minimum Gasteiger partial charge on any atom is -0.320 e. The van der Waals surface area contributed by atoms with E-state index < -0.39 is 28.8 Å². The molecule has 0 atom stereocenters. The lowest BCUT2D eigenvalue weighted by atomic mass is 9.72. The van der Waals surface area contributed by atoms with Gasteiger partial charge in [0.15, 0.2) is 17.5 Å². The lowest BCUT2D eigenvalue weighted by Gasteiger charge is -2.29. The number of aromatic nitrogens is 3. The maximum Gasteiger partial charge on any atom is 0.259 e. The Bertz CT molecular complexity index is 1280. The molecule has 3 aromatic rings. The highest BCUT2D eigenvalue weighted by atomic mass is 19.2. The second kappa shape index (κ2) is 8.50. The van der Waals surface area contributed by atoms with Crippen molar-refractivity contribution in [3.63, 3.8) is 0 Å². The standard InChI is InChI=1S/C23H18F3N5O2/c1-13-16(11-29-31(13)18-4-3-17(24)20(25)21(18)26)22(33)30-14-2-5-19(28-10-14)23(12-27)8-6-15(32)7-9-23/h2-5,10-11H,6-9H2,1H3,(H,30,33). The number of anilines is 1. The summed E-state index contributed by atoms with van der Waals surface area (Å²) in [6, 6.07) is 7.33. The Labute approximate surface area is 186 Å². The van der Waals surface area contributed by atoms with Gasteiger partial charge in [0, 0.05) is 12.8 Å². The number of hydrogen-bond acceptors (Lipinski definition) is 5. The molecule has 2 heterocycles. The summed E-state index contributed by atoms with van der Waals surface area (Å²) in [4.78, 5) is 28.6. The number of hydrogen-bond donors (Lipinski definition) is 1. The smallest absolute Gasteiger partial charge is 0.259 e. The van der Waals surface area contributed by atoms with Gasteiger partial charge in [-0.1, -0.05) is 0 Å². The molecule has 168 valence electrons. The monoisotopic (exact) mass is 453 g/mol. The van der Waals surface area contributed by atoms with Crippen LogP contribution in [0.1, 0.15) is 47.4 Å². The summed E-state index contributed by atoms with van der Waals surface area (Å²) in [5.41, 5.74) is 0.0510. The summed E-state index contributed by atoms with van der Waals surface area (Å²) in [5.74, 6) is -4.80. The quantitative estimate of drug-likeness (QED) is 0.598. The van der Waals surface area contributed by atoms with Crippen molar-refractivity contribution in [1.82, 2.24) is 14.8 Å². The molecule has 0 aliphatic heterocycles. The Morgan fingerprint density at radius 2 is 1.85 bits per heavy atom. The van der Waals surface area contributed by atoms with Gasteiger partial charge in [-0.05, 0) is 44.0 Å². The summed E-state index contributed by atoms with van der Waals surface area (Å²) >= 11 is 0. The SMILES string of the molecule is Cc1c(C(=O)Nc2ccc(C3(C#N)CCC(=O)CC3)nc2)cnn1-c1ccc(F)c(F)c1F. The number of benzene rings is 1. The van der Waals surface area contributed by atoms with Gasteiger partial charge in [-0.3, -0.25) is 14.6 Å². The minimum absolute atomic E-state index is 0.0995. The number of Topliss-reactive ketones (excluding diaryl/α,β-unsaturated/α-hetero) is 1. The van der Waals surface area contributed by atoms with Crippen LogP contribution >= 0.6 is 0 Å². The Balaban J connectivity index is 1.53. The number of carbonyl (C=O) groups excluding carboxylic acids is 2. The van der Waals surface area contributed by atoms with E-state index in [1.807, 2.05) is 0 Å². The summed E-state index contributed by atoms with van der Waals surface area (Å²) in [7, 11) is 0. The maximum atomic E-state index is 14.1. The van der Waals surface area contributed by atoms with Gasteiger partial charge in [0.2, 0.25) is 0 Å². The number of rotatable bonds is 4. The third kappa shape index (κ3) is 3.98. The molecule has 1 aliphatic rings. The van der Waals surface area contributed by atoms with Gasteiger partial charge < -0.3 is 5.32 Å². The van der Waals surface area contributed by atoms with Gasteiger partial charge in [0.05, 0.1) is 41.1 Å². The lowest BCUT2D eigenvalue weighted by Crippen LogP contribution is -2.31. The first-order chi connectivity index (χ1) is 15.8. The third-order valence-electron chi connectivity index (χ3n) is 5.88. The molecular formula is C23H18F3N5O2. The Kier molecular flexibility index (Phi) is 5.72. The molecule has 0 saturated heterocycles.